The SMILES string of the molecule is CC(=NN(C)C)C1=CC[C@H]2[C@@H]3CC=C4C[C@@H](O)CC[C@]4(C)[C@H]3CC[C@]12C. The summed E-state index contributed by atoms with van der Waals surface area (Å²) in [7, 11) is 4.03. The van der Waals surface area contributed by atoms with E-state index in [1.807, 2.05) is 19.1 Å². The predicted octanol–water partition coefficient (Wildman–Crippen LogP) is 4.78. The van der Waals surface area contributed by atoms with E-state index in [-0.39, 0.29) is 6.10 Å². The van der Waals surface area contributed by atoms with Crippen molar-refractivity contribution >= 4 is 5.71 Å². The van der Waals surface area contributed by atoms with Crippen molar-refractivity contribution in [3.8, 4) is 0 Å². The van der Waals surface area contributed by atoms with Gasteiger partial charge in [-0.3, -0.25) is 0 Å². The van der Waals surface area contributed by atoms with Crippen LogP contribution in [0.15, 0.2) is 28.4 Å². The minimum atomic E-state index is -0.107. The summed E-state index contributed by atoms with van der Waals surface area (Å²) in [6.45, 7) is 7.20. The number of aliphatic hydroxyl groups is 1. The summed E-state index contributed by atoms with van der Waals surface area (Å²) in [5.74, 6) is 2.34. The second-order valence-corrected chi connectivity index (χ2v) is 10.00. The van der Waals surface area contributed by atoms with E-state index < -0.39 is 0 Å². The molecule has 0 spiro atoms. The standard InChI is InChI=1S/C23H36N2O/c1-15(24-25(4)5)19-8-9-20-18-7-6-16-14-17(26)10-12-22(16,2)21(18)11-13-23(19,20)3/h6,8,17-18,20-21,26H,7,9-14H2,1-5H3/t17-,18-,20-,21-,22-,23+/m0/s1. The van der Waals surface area contributed by atoms with Crippen LogP contribution in [0.4, 0.5) is 0 Å². The molecule has 0 aromatic rings. The van der Waals surface area contributed by atoms with Gasteiger partial charge < -0.3 is 10.1 Å². The fourth-order valence-electron chi connectivity index (χ4n) is 7.12. The van der Waals surface area contributed by atoms with Crippen molar-refractivity contribution in [2.75, 3.05) is 14.1 Å². The molecule has 0 heterocycles. The second kappa shape index (κ2) is 6.22. The molecule has 2 fully saturated rings. The molecule has 4 aliphatic carbocycles. The Kier molecular flexibility index (Phi) is 4.38. The third-order valence-electron chi connectivity index (χ3n) is 8.40. The van der Waals surface area contributed by atoms with E-state index in [1.54, 1.807) is 5.57 Å². The first-order valence-electron chi connectivity index (χ1n) is 10.6. The van der Waals surface area contributed by atoms with Crippen molar-refractivity contribution in [2.45, 2.75) is 71.8 Å². The van der Waals surface area contributed by atoms with Crippen LogP contribution in [0, 0.1) is 28.6 Å². The molecule has 6 atom stereocenters. The maximum atomic E-state index is 10.2. The van der Waals surface area contributed by atoms with E-state index in [2.05, 4.69) is 32.9 Å². The minimum Gasteiger partial charge on any atom is -0.393 e. The Bertz CT molecular complexity index is 676. The number of rotatable bonds is 2. The van der Waals surface area contributed by atoms with Gasteiger partial charge in [0.05, 0.1) is 11.8 Å². The number of hydrazone groups is 1. The van der Waals surface area contributed by atoms with Crippen LogP contribution in [0.2, 0.25) is 0 Å². The summed E-state index contributed by atoms with van der Waals surface area (Å²) in [4.78, 5) is 0. The molecule has 0 aliphatic heterocycles. The zero-order valence-electron chi connectivity index (χ0n) is 17.3. The molecule has 0 saturated heterocycles. The van der Waals surface area contributed by atoms with E-state index in [0.29, 0.717) is 10.8 Å². The van der Waals surface area contributed by atoms with Crippen molar-refractivity contribution in [1.82, 2.24) is 5.01 Å². The monoisotopic (exact) mass is 356 g/mol. The average molecular weight is 357 g/mol. The Labute approximate surface area is 159 Å². The molecule has 2 saturated carbocycles. The molecule has 1 N–H and O–H groups in total. The minimum absolute atomic E-state index is 0.107. The third kappa shape index (κ3) is 2.61. The second-order valence-electron chi connectivity index (χ2n) is 10.00. The number of nitrogens with zero attached hydrogens (tertiary/aromatic N) is 2. The fourth-order valence-corrected chi connectivity index (χ4v) is 7.12. The number of hydrogen-bond acceptors (Lipinski definition) is 3. The van der Waals surface area contributed by atoms with Gasteiger partial charge in [-0.25, -0.2) is 0 Å². The maximum absolute atomic E-state index is 10.2. The van der Waals surface area contributed by atoms with Gasteiger partial charge in [0, 0.05) is 14.1 Å². The quantitative estimate of drug-likeness (QED) is 0.439. The Morgan fingerprint density at radius 1 is 1.08 bits per heavy atom. The van der Waals surface area contributed by atoms with Gasteiger partial charge >= 0.3 is 0 Å². The van der Waals surface area contributed by atoms with Crippen LogP contribution < -0.4 is 0 Å². The lowest BCUT2D eigenvalue weighted by Gasteiger charge is -2.57. The van der Waals surface area contributed by atoms with Crippen LogP contribution in [-0.4, -0.2) is 36.0 Å². The zero-order valence-corrected chi connectivity index (χ0v) is 17.3. The fraction of sp³-hybridized carbons (Fsp3) is 0.783. The van der Waals surface area contributed by atoms with Crippen molar-refractivity contribution < 1.29 is 5.11 Å². The number of allylic oxidation sites excluding steroid dienone is 3. The summed E-state index contributed by atoms with van der Waals surface area (Å²) in [5.41, 5.74) is 4.91. The molecule has 3 heteroatoms. The van der Waals surface area contributed by atoms with Crippen molar-refractivity contribution in [3.63, 3.8) is 0 Å². The van der Waals surface area contributed by atoms with Crippen LogP contribution in [0.5, 0.6) is 0 Å². The smallest absolute Gasteiger partial charge is 0.0608 e. The van der Waals surface area contributed by atoms with Gasteiger partial charge in [0.2, 0.25) is 0 Å². The Morgan fingerprint density at radius 3 is 2.54 bits per heavy atom. The topological polar surface area (TPSA) is 35.8 Å². The molecule has 3 nitrogen and oxygen atoms in total. The summed E-state index contributed by atoms with van der Waals surface area (Å²) in [6, 6.07) is 0. The first-order chi connectivity index (χ1) is 12.3. The van der Waals surface area contributed by atoms with Gasteiger partial charge in [0.1, 0.15) is 0 Å². The molecule has 0 amide bonds. The summed E-state index contributed by atoms with van der Waals surface area (Å²) in [6.07, 6.45) is 13.0. The van der Waals surface area contributed by atoms with Crippen molar-refractivity contribution in [3.05, 3.63) is 23.3 Å². The predicted molar refractivity (Wildman–Crippen MR) is 108 cm³/mol. The molecule has 4 aliphatic rings. The maximum Gasteiger partial charge on any atom is 0.0608 e. The van der Waals surface area contributed by atoms with Crippen LogP contribution >= 0.6 is 0 Å². The highest BCUT2D eigenvalue weighted by Gasteiger charge is 2.56. The Morgan fingerprint density at radius 2 is 1.81 bits per heavy atom. The number of hydrogen-bond donors (Lipinski definition) is 1. The van der Waals surface area contributed by atoms with E-state index in [1.165, 1.54) is 43.4 Å². The molecule has 26 heavy (non-hydrogen) atoms. The summed E-state index contributed by atoms with van der Waals surface area (Å²) < 4.78 is 0. The Hall–Kier alpha value is -1.09. The van der Waals surface area contributed by atoms with E-state index in [0.717, 1.165) is 30.6 Å². The van der Waals surface area contributed by atoms with E-state index >= 15 is 0 Å². The van der Waals surface area contributed by atoms with Gasteiger partial charge in [-0.1, -0.05) is 31.6 Å². The van der Waals surface area contributed by atoms with Crippen LogP contribution in [0.25, 0.3) is 0 Å². The van der Waals surface area contributed by atoms with Crippen molar-refractivity contribution in [2.24, 2.45) is 33.7 Å². The summed E-state index contributed by atoms with van der Waals surface area (Å²) >= 11 is 0. The highest BCUT2D eigenvalue weighted by atomic mass is 16.3. The van der Waals surface area contributed by atoms with Crippen LogP contribution in [0.3, 0.4) is 0 Å². The largest absolute Gasteiger partial charge is 0.393 e. The number of aliphatic hydroxyl groups excluding tert-OH is 1. The molecular weight excluding hydrogens is 320 g/mol. The lowest BCUT2D eigenvalue weighted by molar-refractivity contribution is -0.0279. The molecule has 0 aromatic carbocycles. The lowest BCUT2D eigenvalue weighted by Crippen LogP contribution is -2.50. The van der Waals surface area contributed by atoms with Gasteiger partial charge in [0.25, 0.3) is 0 Å². The number of fused-ring (bicyclic) bond motifs is 5. The zero-order chi connectivity index (χ0) is 18.7. The molecular formula is C23H36N2O. The van der Waals surface area contributed by atoms with Crippen LogP contribution in [-0.2, 0) is 0 Å². The normalized spacial score (nSPS) is 45.2. The van der Waals surface area contributed by atoms with Crippen molar-refractivity contribution in [1.29, 1.82) is 0 Å². The molecule has 0 bridgehead atoms. The first kappa shape index (κ1) is 18.3. The average Bonchev–Trinajstić information content (AvgIpc) is 2.92. The Balaban J connectivity index is 1.63. The third-order valence-corrected chi connectivity index (χ3v) is 8.40. The lowest BCUT2D eigenvalue weighted by atomic mass is 9.47. The molecule has 0 radical (unpaired) electrons. The van der Waals surface area contributed by atoms with Gasteiger partial charge in [-0.2, -0.15) is 5.10 Å². The van der Waals surface area contributed by atoms with Crippen LogP contribution in [0.1, 0.15) is 65.7 Å². The molecule has 0 unspecified atom stereocenters. The van der Waals surface area contributed by atoms with E-state index in [4.69, 9.17) is 5.10 Å². The molecule has 144 valence electrons. The molecule has 4 rings (SSSR count). The highest BCUT2D eigenvalue weighted by Crippen LogP contribution is 2.65. The highest BCUT2D eigenvalue weighted by molar-refractivity contribution is 5.99. The molecule has 0 aromatic heterocycles. The van der Waals surface area contributed by atoms with Gasteiger partial charge in [0.15, 0.2) is 0 Å². The van der Waals surface area contributed by atoms with Gasteiger partial charge in [-0.15, -0.1) is 0 Å². The van der Waals surface area contributed by atoms with E-state index in [9.17, 15) is 5.11 Å². The van der Waals surface area contributed by atoms with Gasteiger partial charge in [-0.05, 0) is 86.0 Å². The first-order valence-corrected chi connectivity index (χ1v) is 10.6. The summed E-state index contributed by atoms with van der Waals surface area (Å²) in [5, 5.41) is 16.8.